The number of benzene rings is 2. The summed E-state index contributed by atoms with van der Waals surface area (Å²) in [5, 5.41) is 15.3. The van der Waals surface area contributed by atoms with Gasteiger partial charge >= 0.3 is 0 Å². The van der Waals surface area contributed by atoms with Crippen LogP contribution in [0.1, 0.15) is 27.7 Å². The zero-order valence-corrected chi connectivity index (χ0v) is 20.4. The number of nitrogens with one attached hydrogen (secondary N) is 3. The summed E-state index contributed by atoms with van der Waals surface area (Å²) in [4.78, 5) is 41.9. The summed E-state index contributed by atoms with van der Waals surface area (Å²) in [5.74, 6) is 0.182. The molecule has 178 valence electrons. The molecule has 2 fully saturated rings. The molecule has 4 atom stereocenters. The molecule has 1 amide bonds. The number of para-hydroxylation sites is 1. The standard InChI is InChI=1S/C26H19ClN6O2S/c27-14-5-6-19-17(9-14)26(24(35)32-19)25(12-28,22(34)16-10-31-18-4-2-1-3-15(16)18)21(23-29-7-8-30-23)20-11-36-13-33(20)26/h1-10,20-21,31H,11,13H2,(H,29,30)(H,32,35)/t20?,21-,25+,26-/m1/s1. The van der Waals surface area contributed by atoms with Crippen LogP contribution in [0.15, 0.2) is 61.1 Å². The molecule has 2 saturated heterocycles. The number of anilines is 1. The summed E-state index contributed by atoms with van der Waals surface area (Å²) in [7, 11) is 0. The van der Waals surface area contributed by atoms with Crippen molar-refractivity contribution >= 4 is 51.6 Å². The van der Waals surface area contributed by atoms with Gasteiger partial charge in [-0.3, -0.25) is 14.5 Å². The molecule has 5 heterocycles. The Morgan fingerprint density at radius 3 is 2.92 bits per heavy atom. The number of aromatic amines is 2. The van der Waals surface area contributed by atoms with E-state index in [0.29, 0.717) is 44.7 Å². The van der Waals surface area contributed by atoms with Gasteiger partial charge in [0, 0.05) is 69.0 Å². The second-order valence-electron chi connectivity index (χ2n) is 9.34. The Balaban J connectivity index is 1.60. The van der Waals surface area contributed by atoms with E-state index in [-0.39, 0.29) is 6.04 Å². The Morgan fingerprint density at radius 2 is 2.11 bits per heavy atom. The van der Waals surface area contributed by atoms with Gasteiger partial charge in [-0.25, -0.2) is 4.98 Å². The summed E-state index contributed by atoms with van der Waals surface area (Å²) >= 11 is 8.13. The summed E-state index contributed by atoms with van der Waals surface area (Å²) in [6.07, 6.45) is 4.94. The molecule has 1 spiro atoms. The van der Waals surface area contributed by atoms with Crippen LogP contribution in [-0.2, 0) is 10.3 Å². The zero-order valence-electron chi connectivity index (χ0n) is 18.8. The predicted molar refractivity (Wildman–Crippen MR) is 137 cm³/mol. The van der Waals surface area contributed by atoms with Crippen molar-refractivity contribution in [3.05, 3.63) is 83.0 Å². The highest BCUT2D eigenvalue weighted by Crippen LogP contribution is 2.67. The van der Waals surface area contributed by atoms with E-state index >= 15 is 0 Å². The Morgan fingerprint density at radius 1 is 1.25 bits per heavy atom. The lowest BCUT2D eigenvalue weighted by molar-refractivity contribution is -0.129. The molecular formula is C26H19ClN6O2S. The first-order valence-electron chi connectivity index (χ1n) is 11.5. The van der Waals surface area contributed by atoms with Gasteiger partial charge in [0.2, 0.25) is 0 Å². The number of amides is 1. The average molecular weight is 515 g/mol. The number of nitrogens with zero attached hydrogens (tertiary/aromatic N) is 3. The minimum Gasteiger partial charge on any atom is -0.360 e. The first-order valence-corrected chi connectivity index (χ1v) is 13.0. The van der Waals surface area contributed by atoms with E-state index < -0.39 is 28.6 Å². The van der Waals surface area contributed by atoms with E-state index in [1.165, 1.54) is 0 Å². The average Bonchev–Trinajstić information content (AvgIpc) is 3.69. The first-order chi connectivity index (χ1) is 17.5. The molecule has 0 saturated carbocycles. The van der Waals surface area contributed by atoms with Crippen LogP contribution in [0.5, 0.6) is 0 Å². The van der Waals surface area contributed by atoms with Crippen LogP contribution in [0.25, 0.3) is 10.9 Å². The number of hydrogen-bond acceptors (Lipinski definition) is 6. The number of carbonyl (C=O) groups is 2. The molecule has 36 heavy (non-hydrogen) atoms. The number of thioether (sulfide) groups is 1. The summed E-state index contributed by atoms with van der Waals surface area (Å²) in [6, 6.07) is 14.8. The van der Waals surface area contributed by atoms with Crippen molar-refractivity contribution in [3.8, 4) is 6.07 Å². The van der Waals surface area contributed by atoms with E-state index in [1.54, 1.807) is 48.6 Å². The molecule has 3 N–H and O–H groups in total. The number of H-pyrrole nitrogens is 2. The molecule has 2 aromatic carbocycles. The van der Waals surface area contributed by atoms with Crippen molar-refractivity contribution in [2.24, 2.45) is 5.41 Å². The van der Waals surface area contributed by atoms with Crippen LogP contribution in [0, 0.1) is 16.7 Å². The van der Waals surface area contributed by atoms with Gasteiger partial charge in [0.05, 0.1) is 12.0 Å². The Bertz CT molecular complexity index is 1610. The van der Waals surface area contributed by atoms with E-state index in [0.717, 1.165) is 5.52 Å². The van der Waals surface area contributed by atoms with Gasteiger partial charge < -0.3 is 15.3 Å². The predicted octanol–water partition coefficient (Wildman–Crippen LogP) is 4.26. The zero-order chi connectivity index (χ0) is 24.7. The number of Topliss-reactive ketones (excluding diaryl/α,β-unsaturated/α-hetero) is 1. The number of ketones is 1. The van der Waals surface area contributed by atoms with Crippen molar-refractivity contribution in [1.29, 1.82) is 5.26 Å². The highest BCUT2D eigenvalue weighted by molar-refractivity contribution is 7.99. The monoisotopic (exact) mass is 514 g/mol. The van der Waals surface area contributed by atoms with Crippen LogP contribution < -0.4 is 5.32 Å². The third kappa shape index (κ3) is 2.41. The van der Waals surface area contributed by atoms with Crippen molar-refractivity contribution in [2.45, 2.75) is 17.5 Å². The molecule has 3 aliphatic heterocycles. The van der Waals surface area contributed by atoms with Crippen LogP contribution in [0.4, 0.5) is 5.69 Å². The summed E-state index contributed by atoms with van der Waals surface area (Å²) in [6.45, 7) is 0. The van der Waals surface area contributed by atoms with Crippen LogP contribution in [0.3, 0.4) is 0 Å². The van der Waals surface area contributed by atoms with Gasteiger partial charge in [0.1, 0.15) is 5.82 Å². The van der Waals surface area contributed by atoms with E-state index in [2.05, 4.69) is 26.3 Å². The maximum absolute atomic E-state index is 14.9. The third-order valence-electron chi connectivity index (χ3n) is 7.90. The topological polar surface area (TPSA) is 118 Å². The number of imidazole rings is 1. The quantitative estimate of drug-likeness (QED) is 0.352. The number of halogens is 1. The Hall–Kier alpha value is -3.58. The van der Waals surface area contributed by atoms with Crippen LogP contribution in [-0.4, -0.2) is 49.2 Å². The largest absolute Gasteiger partial charge is 0.360 e. The number of aromatic nitrogens is 3. The molecule has 4 aromatic rings. The van der Waals surface area contributed by atoms with E-state index in [9.17, 15) is 14.9 Å². The molecule has 2 aromatic heterocycles. The minimum atomic E-state index is -1.82. The lowest BCUT2D eigenvalue weighted by atomic mass is 9.59. The van der Waals surface area contributed by atoms with Crippen molar-refractivity contribution in [3.63, 3.8) is 0 Å². The molecule has 1 unspecified atom stereocenters. The normalized spacial score (nSPS) is 28.8. The lowest BCUT2D eigenvalue weighted by Gasteiger charge is -2.41. The van der Waals surface area contributed by atoms with E-state index in [4.69, 9.17) is 11.6 Å². The van der Waals surface area contributed by atoms with Crippen LogP contribution >= 0.6 is 23.4 Å². The van der Waals surface area contributed by atoms with E-state index in [1.807, 2.05) is 29.2 Å². The number of rotatable bonds is 3. The number of nitriles is 1. The van der Waals surface area contributed by atoms with Gasteiger partial charge in [-0.05, 0) is 24.3 Å². The third-order valence-corrected chi connectivity index (χ3v) is 9.18. The molecule has 0 bridgehead atoms. The lowest BCUT2D eigenvalue weighted by Crippen LogP contribution is -2.59. The van der Waals surface area contributed by atoms with Crippen molar-refractivity contribution < 1.29 is 9.59 Å². The maximum Gasteiger partial charge on any atom is 0.251 e. The SMILES string of the molecule is N#C[C@@]1(C(=O)c2c[nH]c3ccccc23)[C@@H](c2ncc[nH]2)C2CSCN2[C@]12C(=O)Nc1ccc(Cl)cc12. The highest BCUT2D eigenvalue weighted by Gasteiger charge is 2.79. The van der Waals surface area contributed by atoms with Crippen molar-refractivity contribution in [1.82, 2.24) is 19.9 Å². The maximum atomic E-state index is 14.9. The number of fused-ring (bicyclic) bond motifs is 5. The molecule has 3 aliphatic rings. The van der Waals surface area contributed by atoms with Gasteiger partial charge in [0.25, 0.3) is 5.91 Å². The summed E-state index contributed by atoms with van der Waals surface area (Å²) < 4.78 is 0. The van der Waals surface area contributed by atoms with Gasteiger partial charge in [-0.15, -0.1) is 11.8 Å². The van der Waals surface area contributed by atoms with Gasteiger partial charge in [0.15, 0.2) is 16.7 Å². The Kier molecular flexibility index (Phi) is 4.49. The molecule has 0 radical (unpaired) electrons. The van der Waals surface area contributed by atoms with Gasteiger partial charge in [-0.1, -0.05) is 29.8 Å². The second-order valence-corrected chi connectivity index (χ2v) is 10.8. The fourth-order valence-corrected chi connectivity index (χ4v) is 8.04. The fourth-order valence-electron chi connectivity index (χ4n) is 6.57. The number of carbonyl (C=O) groups excluding carboxylic acids is 2. The fraction of sp³-hybridized carbons (Fsp3) is 0.231. The molecule has 0 aliphatic carbocycles. The van der Waals surface area contributed by atoms with Crippen LogP contribution in [0.2, 0.25) is 5.02 Å². The Labute approximate surface area is 215 Å². The first kappa shape index (κ1) is 21.7. The molecular weight excluding hydrogens is 496 g/mol. The second kappa shape index (κ2) is 7.46. The van der Waals surface area contributed by atoms with Gasteiger partial charge in [-0.2, -0.15) is 5.26 Å². The minimum absolute atomic E-state index is 0.273. The smallest absolute Gasteiger partial charge is 0.251 e. The molecule has 7 rings (SSSR count). The number of hydrogen-bond donors (Lipinski definition) is 3. The summed E-state index contributed by atoms with van der Waals surface area (Å²) in [5.41, 5.74) is -1.13. The molecule has 10 heteroatoms. The molecule has 8 nitrogen and oxygen atoms in total. The highest BCUT2D eigenvalue weighted by atomic mass is 35.5. The van der Waals surface area contributed by atoms with Crippen molar-refractivity contribution in [2.75, 3.05) is 16.9 Å².